The molecule has 5 nitrogen and oxygen atoms in total. The van der Waals surface area contributed by atoms with Crippen molar-refractivity contribution in [3.05, 3.63) is 50.1 Å². The number of carbonyl (C=O) groups is 1. The fraction of sp³-hybridized carbons (Fsp3) is 0.500. The minimum absolute atomic E-state index is 0.00143. The molecule has 0 bridgehead atoms. The monoisotopic (exact) mass is 481 g/mol. The third kappa shape index (κ3) is 4.62. The lowest BCUT2D eigenvalue weighted by atomic mass is 9.95. The second-order valence-electron chi connectivity index (χ2n) is 9.41. The molecule has 0 aliphatic heterocycles. The van der Waals surface area contributed by atoms with Gasteiger partial charge in [-0.25, -0.2) is 4.98 Å². The first-order chi connectivity index (χ1) is 16.0. The Balaban J connectivity index is 1.53. The van der Waals surface area contributed by atoms with Crippen molar-refractivity contribution in [1.29, 1.82) is 0 Å². The van der Waals surface area contributed by atoms with Gasteiger partial charge in [0.15, 0.2) is 5.16 Å². The van der Waals surface area contributed by atoms with Crippen LogP contribution in [0.2, 0.25) is 0 Å². The van der Waals surface area contributed by atoms with Gasteiger partial charge in [0.1, 0.15) is 4.83 Å². The molecule has 2 aromatic heterocycles. The van der Waals surface area contributed by atoms with E-state index in [1.807, 2.05) is 19.1 Å². The van der Waals surface area contributed by atoms with Crippen LogP contribution in [0.1, 0.15) is 66.5 Å². The molecular formula is C26H31N3O2S2. The number of benzene rings is 1. The maximum atomic E-state index is 13.9. The number of rotatable bonds is 5. The lowest BCUT2D eigenvalue weighted by Crippen LogP contribution is -2.37. The molecule has 0 spiro atoms. The van der Waals surface area contributed by atoms with Gasteiger partial charge in [0.05, 0.1) is 16.8 Å². The number of thiophene rings is 1. The van der Waals surface area contributed by atoms with E-state index in [-0.39, 0.29) is 23.3 Å². The predicted octanol–water partition coefficient (Wildman–Crippen LogP) is 5.48. The summed E-state index contributed by atoms with van der Waals surface area (Å²) in [5.41, 5.74) is 4.25. The Labute approximate surface area is 203 Å². The van der Waals surface area contributed by atoms with E-state index in [4.69, 9.17) is 4.98 Å². The van der Waals surface area contributed by atoms with E-state index < -0.39 is 0 Å². The van der Waals surface area contributed by atoms with Gasteiger partial charge in [-0.15, -0.1) is 11.3 Å². The lowest BCUT2D eigenvalue weighted by molar-refractivity contribution is -0.119. The Hall–Kier alpha value is -2.12. The topological polar surface area (TPSA) is 64.0 Å². The van der Waals surface area contributed by atoms with Gasteiger partial charge < -0.3 is 5.32 Å². The number of aryl methyl sites for hydroxylation is 4. The summed E-state index contributed by atoms with van der Waals surface area (Å²) in [6.45, 7) is 4.09. The number of nitrogens with one attached hydrogen (secondary N) is 1. The van der Waals surface area contributed by atoms with Gasteiger partial charge in [-0.2, -0.15) is 0 Å². The van der Waals surface area contributed by atoms with Crippen molar-refractivity contribution in [3.63, 3.8) is 0 Å². The number of thioether (sulfide) groups is 1. The molecule has 5 rings (SSSR count). The molecule has 0 saturated heterocycles. The Morgan fingerprint density at radius 2 is 1.94 bits per heavy atom. The zero-order valence-corrected chi connectivity index (χ0v) is 21.0. The summed E-state index contributed by atoms with van der Waals surface area (Å²) in [5.74, 6) is 0.295. The molecule has 1 amide bonds. The van der Waals surface area contributed by atoms with Crippen molar-refractivity contribution in [2.45, 2.75) is 82.8 Å². The first-order valence-corrected chi connectivity index (χ1v) is 13.9. The number of amides is 1. The lowest BCUT2D eigenvalue weighted by Gasteiger charge is -2.22. The van der Waals surface area contributed by atoms with E-state index in [9.17, 15) is 9.59 Å². The molecule has 0 atom stereocenters. The predicted molar refractivity (Wildman–Crippen MR) is 137 cm³/mol. The van der Waals surface area contributed by atoms with Crippen molar-refractivity contribution in [2.75, 3.05) is 5.75 Å². The Bertz CT molecular complexity index is 1250. The van der Waals surface area contributed by atoms with Crippen LogP contribution >= 0.6 is 23.1 Å². The second-order valence-corrected chi connectivity index (χ2v) is 11.4. The highest BCUT2D eigenvalue weighted by molar-refractivity contribution is 7.99. The summed E-state index contributed by atoms with van der Waals surface area (Å²) in [7, 11) is 0. The highest BCUT2D eigenvalue weighted by atomic mass is 32.2. The first kappa shape index (κ1) is 22.7. The third-order valence-electron chi connectivity index (χ3n) is 6.85. The molecule has 1 saturated carbocycles. The van der Waals surface area contributed by atoms with Gasteiger partial charge in [0.2, 0.25) is 5.91 Å². The van der Waals surface area contributed by atoms with Gasteiger partial charge in [-0.3, -0.25) is 14.2 Å². The molecule has 33 heavy (non-hydrogen) atoms. The van der Waals surface area contributed by atoms with Gasteiger partial charge in [-0.1, -0.05) is 48.7 Å². The van der Waals surface area contributed by atoms with Crippen LogP contribution in [0.25, 0.3) is 15.9 Å². The smallest absolute Gasteiger partial charge is 0.267 e. The van der Waals surface area contributed by atoms with E-state index in [2.05, 4.69) is 18.3 Å². The molecule has 2 aliphatic carbocycles. The molecule has 3 aromatic rings. The fourth-order valence-electron chi connectivity index (χ4n) is 5.20. The molecule has 174 valence electrons. The van der Waals surface area contributed by atoms with E-state index in [0.717, 1.165) is 59.1 Å². The van der Waals surface area contributed by atoms with Gasteiger partial charge in [0, 0.05) is 10.9 Å². The zero-order valence-electron chi connectivity index (χ0n) is 19.4. The first-order valence-electron chi connectivity index (χ1n) is 12.1. The summed E-state index contributed by atoms with van der Waals surface area (Å²) in [6, 6.07) is 6.42. The zero-order chi connectivity index (χ0) is 22.9. The quantitative estimate of drug-likeness (QED) is 0.387. The van der Waals surface area contributed by atoms with Gasteiger partial charge in [-0.05, 0) is 69.6 Å². The number of hydrogen-bond donors (Lipinski definition) is 1. The summed E-state index contributed by atoms with van der Waals surface area (Å²) in [5, 5.41) is 4.58. The maximum absolute atomic E-state index is 13.9. The minimum Gasteiger partial charge on any atom is -0.353 e. The summed E-state index contributed by atoms with van der Waals surface area (Å²) in [4.78, 5) is 33.7. The molecule has 0 radical (unpaired) electrons. The van der Waals surface area contributed by atoms with Crippen molar-refractivity contribution in [1.82, 2.24) is 14.9 Å². The molecule has 1 fully saturated rings. The number of carbonyl (C=O) groups excluding carboxylic acids is 1. The largest absolute Gasteiger partial charge is 0.353 e. The SMILES string of the molecule is Cc1ccc(-n2c(SCC(=O)NC3CCCCC3)nc3sc4c(c3c2=O)CCCC4)c(C)c1. The van der Waals surface area contributed by atoms with Crippen LogP contribution < -0.4 is 10.9 Å². The number of hydrogen-bond acceptors (Lipinski definition) is 5. The van der Waals surface area contributed by atoms with E-state index in [0.29, 0.717) is 5.16 Å². The van der Waals surface area contributed by atoms with Crippen LogP contribution in [0.3, 0.4) is 0 Å². The van der Waals surface area contributed by atoms with Crippen LogP contribution in [-0.2, 0) is 17.6 Å². The molecule has 7 heteroatoms. The average Bonchev–Trinajstić information content (AvgIpc) is 3.18. The molecular weight excluding hydrogens is 450 g/mol. The normalized spacial score (nSPS) is 16.7. The number of nitrogens with zero attached hydrogens (tertiary/aromatic N) is 2. The minimum atomic E-state index is 0.00143. The Kier molecular flexibility index (Phi) is 6.61. The van der Waals surface area contributed by atoms with Gasteiger partial charge in [0.25, 0.3) is 5.56 Å². The van der Waals surface area contributed by atoms with Crippen molar-refractivity contribution < 1.29 is 4.79 Å². The number of fused-ring (bicyclic) bond motifs is 3. The summed E-state index contributed by atoms with van der Waals surface area (Å²) >= 11 is 3.04. The second kappa shape index (κ2) is 9.63. The number of aromatic nitrogens is 2. The van der Waals surface area contributed by atoms with Crippen LogP contribution in [0, 0.1) is 13.8 Å². The van der Waals surface area contributed by atoms with Crippen LogP contribution in [0.5, 0.6) is 0 Å². The maximum Gasteiger partial charge on any atom is 0.267 e. The van der Waals surface area contributed by atoms with Gasteiger partial charge >= 0.3 is 0 Å². The molecule has 1 aromatic carbocycles. The van der Waals surface area contributed by atoms with Crippen LogP contribution in [-0.4, -0.2) is 27.3 Å². The van der Waals surface area contributed by atoms with E-state index in [1.165, 1.54) is 47.9 Å². The van der Waals surface area contributed by atoms with Crippen LogP contribution in [0.15, 0.2) is 28.2 Å². The fourth-order valence-corrected chi connectivity index (χ4v) is 7.32. The Morgan fingerprint density at radius 1 is 1.15 bits per heavy atom. The standard InChI is InChI=1S/C26H31N3O2S2/c1-16-12-13-20(17(2)14-16)29-25(31)23-19-10-6-7-11-21(19)33-24(23)28-26(29)32-15-22(30)27-18-8-4-3-5-9-18/h12-14,18H,3-11,15H2,1-2H3,(H,27,30). The summed E-state index contributed by atoms with van der Waals surface area (Å²) < 4.78 is 1.75. The van der Waals surface area contributed by atoms with E-state index >= 15 is 0 Å². The molecule has 1 N–H and O–H groups in total. The summed E-state index contributed by atoms with van der Waals surface area (Å²) in [6.07, 6.45) is 10.0. The van der Waals surface area contributed by atoms with Crippen molar-refractivity contribution in [2.24, 2.45) is 0 Å². The third-order valence-corrected chi connectivity index (χ3v) is 8.98. The average molecular weight is 482 g/mol. The highest BCUT2D eigenvalue weighted by Crippen LogP contribution is 2.35. The van der Waals surface area contributed by atoms with Crippen molar-refractivity contribution >= 4 is 39.2 Å². The van der Waals surface area contributed by atoms with E-state index in [1.54, 1.807) is 15.9 Å². The van der Waals surface area contributed by atoms with Crippen LogP contribution in [0.4, 0.5) is 0 Å². The Morgan fingerprint density at radius 3 is 2.73 bits per heavy atom. The van der Waals surface area contributed by atoms with Crippen molar-refractivity contribution in [3.8, 4) is 5.69 Å². The molecule has 0 unspecified atom stereocenters. The molecule has 2 aliphatic rings. The highest BCUT2D eigenvalue weighted by Gasteiger charge is 2.24. The molecule has 2 heterocycles.